The van der Waals surface area contributed by atoms with Gasteiger partial charge < -0.3 is 15.0 Å². The Balaban J connectivity index is 1.31. The van der Waals surface area contributed by atoms with Crippen LogP contribution in [-0.2, 0) is 17.8 Å². The van der Waals surface area contributed by atoms with Crippen LogP contribution in [0.15, 0.2) is 53.4 Å². The minimum atomic E-state index is -0.0140. The zero-order chi connectivity index (χ0) is 21.5. The smallest absolute Gasteiger partial charge is 0.252 e. The highest BCUT2D eigenvalue weighted by Gasteiger charge is 2.18. The molecule has 4 rings (SSSR count). The Kier molecular flexibility index (Phi) is 8.03. The molecule has 0 spiro atoms. The molecule has 5 nitrogen and oxygen atoms in total. The van der Waals surface area contributed by atoms with Gasteiger partial charge in [0.2, 0.25) is 0 Å². The molecule has 1 N–H and O–H groups in total. The molecule has 1 amide bonds. The van der Waals surface area contributed by atoms with Gasteiger partial charge in [-0.3, -0.25) is 9.69 Å². The topological polar surface area (TPSA) is 44.8 Å². The molecule has 0 saturated carbocycles. The summed E-state index contributed by atoms with van der Waals surface area (Å²) < 4.78 is 5.72. The number of hydrogen-bond donors (Lipinski definition) is 1. The number of nitrogens with zero attached hydrogens (tertiary/aromatic N) is 2. The van der Waals surface area contributed by atoms with Crippen LogP contribution in [0.4, 0.5) is 0 Å². The van der Waals surface area contributed by atoms with Crippen LogP contribution in [0.2, 0.25) is 0 Å². The number of carbonyl (C=O) groups excluding carboxylic acids is 1. The van der Waals surface area contributed by atoms with Crippen molar-refractivity contribution in [1.82, 2.24) is 15.1 Å². The van der Waals surface area contributed by atoms with Crippen molar-refractivity contribution < 1.29 is 9.53 Å². The molecule has 2 heterocycles. The molecular formula is C25H33N3O2S. The first kappa shape index (κ1) is 22.3. The molecule has 2 aromatic rings. The van der Waals surface area contributed by atoms with Gasteiger partial charge in [0.1, 0.15) is 0 Å². The number of carbonyl (C=O) groups is 1. The number of thioether (sulfide) groups is 1. The van der Waals surface area contributed by atoms with E-state index in [0.717, 1.165) is 73.9 Å². The summed E-state index contributed by atoms with van der Waals surface area (Å²) in [6.45, 7) is 6.84. The largest absolute Gasteiger partial charge is 0.377 e. The highest BCUT2D eigenvalue weighted by molar-refractivity contribution is 7.99. The van der Waals surface area contributed by atoms with Gasteiger partial charge in [-0.2, -0.15) is 0 Å². The third-order valence-electron chi connectivity index (χ3n) is 6.03. The zero-order valence-corrected chi connectivity index (χ0v) is 19.2. The van der Waals surface area contributed by atoms with E-state index in [1.807, 2.05) is 24.3 Å². The zero-order valence-electron chi connectivity index (χ0n) is 18.4. The summed E-state index contributed by atoms with van der Waals surface area (Å²) in [6.07, 6.45) is 2.57. The van der Waals surface area contributed by atoms with Crippen molar-refractivity contribution >= 4 is 17.7 Å². The fourth-order valence-electron chi connectivity index (χ4n) is 4.12. The molecular weight excluding hydrogens is 406 g/mol. The van der Waals surface area contributed by atoms with Gasteiger partial charge in [-0.25, -0.2) is 0 Å². The van der Waals surface area contributed by atoms with E-state index in [1.165, 1.54) is 5.56 Å². The number of ether oxygens (including phenoxy) is 1. The maximum Gasteiger partial charge on any atom is 0.252 e. The van der Waals surface area contributed by atoms with Crippen LogP contribution in [0, 0.1) is 0 Å². The van der Waals surface area contributed by atoms with E-state index in [2.05, 4.69) is 46.4 Å². The number of hydrogen-bond acceptors (Lipinski definition) is 5. The summed E-state index contributed by atoms with van der Waals surface area (Å²) in [6, 6.07) is 16.5. The number of likely N-dealkylation sites (N-methyl/N-ethyl adjacent to an activating group) is 1. The normalized spacial score (nSPS) is 20.1. The van der Waals surface area contributed by atoms with Crippen molar-refractivity contribution in [2.75, 3.05) is 45.6 Å². The molecule has 2 aliphatic rings. The average Bonchev–Trinajstić information content (AvgIpc) is 3.32. The Morgan fingerprint density at radius 2 is 1.90 bits per heavy atom. The lowest BCUT2D eigenvalue weighted by atomic mass is 10.1. The van der Waals surface area contributed by atoms with E-state index < -0.39 is 0 Å². The van der Waals surface area contributed by atoms with Gasteiger partial charge in [0, 0.05) is 56.5 Å². The van der Waals surface area contributed by atoms with Crippen LogP contribution >= 0.6 is 11.8 Å². The second-order valence-corrected chi connectivity index (χ2v) is 9.59. The first-order valence-electron chi connectivity index (χ1n) is 11.3. The second kappa shape index (κ2) is 11.1. The first-order chi connectivity index (χ1) is 15.2. The van der Waals surface area contributed by atoms with Gasteiger partial charge in [-0.1, -0.05) is 36.4 Å². The summed E-state index contributed by atoms with van der Waals surface area (Å²) in [4.78, 5) is 18.8. The Bertz CT molecular complexity index is 861. The number of amides is 1. The summed E-state index contributed by atoms with van der Waals surface area (Å²) >= 11 is 1.72. The lowest BCUT2D eigenvalue weighted by molar-refractivity contribution is 0.0947. The maximum absolute atomic E-state index is 12.9. The van der Waals surface area contributed by atoms with E-state index in [4.69, 9.17) is 4.74 Å². The van der Waals surface area contributed by atoms with E-state index in [-0.39, 0.29) is 5.91 Å². The van der Waals surface area contributed by atoms with Crippen LogP contribution in [-0.4, -0.2) is 67.4 Å². The van der Waals surface area contributed by atoms with Gasteiger partial charge in [0.05, 0.1) is 11.7 Å². The maximum atomic E-state index is 12.9. The van der Waals surface area contributed by atoms with E-state index in [9.17, 15) is 4.79 Å². The molecule has 0 bridgehead atoms. The van der Waals surface area contributed by atoms with E-state index >= 15 is 0 Å². The van der Waals surface area contributed by atoms with Crippen LogP contribution in [0.25, 0.3) is 0 Å². The van der Waals surface area contributed by atoms with Crippen LogP contribution in [0.5, 0.6) is 0 Å². The summed E-state index contributed by atoms with van der Waals surface area (Å²) in [5, 5.41) is 3.12. The molecule has 0 radical (unpaired) electrons. The molecule has 0 aromatic heterocycles. The van der Waals surface area contributed by atoms with Crippen LogP contribution in [0.1, 0.15) is 34.3 Å². The van der Waals surface area contributed by atoms with Gasteiger partial charge in [0.15, 0.2) is 0 Å². The quantitative estimate of drug-likeness (QED) is 0.637. The van der Waals surface area contributed by atoms with Crippen molar-refractivity contribution in [2.45, 2.75) is 36.9 Å². The minimum absolute atomic E-state index is 0.0140. The molecule has 1 unspecified atom stereocenters. The average molecular weight is 440 g/mol. The van der Waals surface area contributed by atoms with Gasteiger partial charge in [-0.05, 0) is 43.1 Å². The van der Waals surface area contributed by atoms with E-state index in [1.54, 1.807) is 11.8 Å². The third-order valence-corrected chi connectivity index (χ3v) is 7.23. The first-order valence-corrected chi connectivity index (χ1v) is 12.3. The summed E-state index contributed by atoms with van der Waals surface area (Å²) in [7, 11) is 2.18. The molecule has 6 heteroatoms. The fourth-order valence-corrected chi connectivity index (χ4v) is 5.24. The third kappa shape index (κ3) is 6.56. The lowest BCUT2D eigenvalue weighted by Crippen LogP contribution is -2.43. The van der Waals surface area contributed by atoms with Crippen LogP contribution < -0.4 is 5.32 Å². The molecule has 31 heavy (non-hydrogen) atoms. The molecule has 166 valence electrons. The van der Waals surface area contributed by atoms with Crippen molar-refractivity contribution in [3.05, 3.63) is 65.2 Å². The SMILES string of the molecule is CN1CCN(Cc2cccc(CNC(=O)c3ccccc3SCC3CCCO3)c2)CC1. The second-order valence-electron chi connectivity index (χ2n) is 8.52. The number of rotatable bonds is 8. The van der Waals surface area contributed by atoms with Crippen molar-refractivity contribution in [1.29, 1.82) is 0 Å². The minimum Gasteiger partial charge on any atom is -0.377 e. The van der Waals surface area contributed by atoms with Crippen molar-refractivity contribution in [3.8, 4) is 0 Å². The highest BCUT2D eigenvalue weighted by atomic mass is 32.2. The molecule has 0 aliphatic carbocycles. The lowest BCUT2D eigenvalue weighted by Gasteiger charge is -2.32. The van der Waals surface area contributed by atoms with Gasteiger partial charge in [-0.15, -0.1) is 11.8 Å². The summed E-state index contributed by atoms with van der Waals surface area (Å²) in [5.74, 6) is 0.887. The Hall–Kier alpha value is -1.86. The monoisotopic (exact) mass is 439 g/mol. The van der Waals surface area contributed by atoms with Gasteiger partial charge in [0.25, 0.3) is 5.91 Å². The molecule has 2 aromatic carbocycles. The Labute approximate surface area is 190 Å². The van der Waals surface area contributed by atoms with E-state index in [0.29, 0.717) is 12.6 Å². The molecule has 2 saturated heterocycles. The summed E-state index contributed by atoms with van der Waals surface area (Å²) in [5.41, 5.74) is 3.20. The number of benzene rings is 2. The molecule has 2 aliphatic heterocycles. The highest BCUT2D eigenvalue weighted by Crippen LogP contribution is 2.26. The van der Waals surface area contributed by atoms with Crippen molar-refractivity contribution in [2.24, 2.45) is 0 Å². The van der Waals surface area contributed by atoms with Gasteiger partial charge >= 0.3 is 0 Å². The Morgan fingerprint density at radius 3 is 2.71 bits per heavy atom. The van der Waals surface area contributed by atoms with Crippen molar-refractivity contribution in [3.63, 3.8) is 0 Å². The predicted molar refractivity (Wildman–Crippen MR) is 127 cm³/mol. The predicted octanol–water partition coefficient (Wildman–Crippen LogP) is 3.64. The molecule has 1 atom stereocenters. The number of nitrogens with one attached hydrogen (secondary N) is 1. The molecule has 2 fully saturated rings. The Morgan fingerprint density at radius 1 is 1.10 bits per heavy atom. The number of piperazine rings is 1. The standard InChI is InChI=1S/C25H33N3O2S/c1-27-11-13-28(14-12-27)18-21-7-4-6-20(16-21)17-26-25(29)23-9-2-3-10-24(23)31-19-22-8-5-15-30-22/h2-4,6-7,9-10,16,22H,5,8,11-15,17-19H2,1H3,(H,26,29). The van der Waals surface area contributed by atoms with Crippen LogP contribution in [0.3, 0.4) is 0 Å². The fraction of sp³-hybridized carbons (Fsp3) is 0.480.